The number of carbonyl (C=O) groups excluding carboxylic acids is 1. The Kier molecular flexibility index (Phi) is 3.37. The van der Waals surface area contributed by atoms with Crippen molar-refractivity contribution in [2.45, 2.75) is 38.8 Å². The van der Waals surface area contributed by atoms with Gasteiger partial charge in [-0.05, 0) is 44.0 Å². The molecule has 1 amide bonds. The molecule has 1 aliphatic rings. The molecule has 118 valence electrons. The van der Waals surface area contributed by atoms with E-state index in [0.29, 0.717) is 5.56 Å². The van der Waals surface area contributed by atoms with E-state index in [9.17, 15) is 4.79 Å². The second kappa shape index (κ2) is 5.53. The first kappa shape index (κ1) is 14.0. The molecule has 2 heterocycles. The van der Waals surface area contributed by atoms with Crippen LogP contribution < -0.4 is 5.32 Å². The highest BCUT2D eigenvalue weighted by Gasteiger charge is 2.24. The maximum Gasteiger partial charge on any atom is 0.251 e. The summed E-state index contributed by atoms with van der Waals surface area (Å²) in [4.78, 5) is 12.6. The summed E-state index contributed by atoms with van der Waals surface area (Å²) >= 11 is 0. The van der Waals surface area contributed by atoms with Gasteiger partial charge in [0.25, 0.3) is 5.91 Å². The van der Waals surface area contributed by atoms with Gasteiger partial charge in [-0.3, -0.25) is 4.79 Å². The molecule has 1 atom stereocenters. The zero-order valence-electron chi connectivity index (χ0n) is 13.0. The molecule has 1 unspecified atom stereocenters. The molecule has 0 aliphatic heterocycles. The lowest BCUT2D eigenvalue weighted by Gasteiger charge is -2.22. The van der Waals surface area contributed by atoms with Gasteiger partial charge in [0.1, 0.15) is 11.3 Å². The number of hydrogen-bond donors (Lipinski definition) is 1. The van der Waals surface area contributed by atoms with E-state index < -0.39 is 0 Å². The van der Waals surface area contributed by atoms with Crippen LogP contribution in [0.3, 0.4) is 0 Å². The average molecular weight is 310 g/mol. The van der Waals surface area contributed by atoms with Gasteiger partial charge in [0.2, 0.25) is 0 Å². The first-order chi connectivity index (χ1) is 11.3. The van der Waals surface area contributed by atoms with Gasteiger partial charge in [-0.2, -0.15) is 0 Å². The third-order valence-electron chi connectivity index (χ3n) is 4.43. The number of carbonyl (C=O) groups is 1. The Balaban J connectivity index is 1.58. The Bertz CT molecular complexity index is 864. The summed E-state index contributed by atoms with van der Waals surface area (Å²) in [5.41, 5.74) is 3.39. The summed E-state index contributed by atoms with van der Waals surface area (Å²) in [6, 6.07) is 7.50. The lowest BCUT2D eigenvalue weighted by molar-refractivity contribution is 0.0932. The zero-order valence-corrected chi connectivity index (χ0v) is 13.0. The zero-order chi connectivity index (χ0) is 15.8. The molecule has 6 heteroatoms. The monoisotopic (exact) mass is 310 g/mol. The van der Waals surface area contributed by atoms with Crippen LogP contribution in [0, 0.1) is 0 Å². The Morgan fingerprint density at radius 3 is 3.22 bits per heavy atom. The third-order valence-corrected chi connectivity index (χ3v) is 4.43. The number of rotatable bonds is 3. The van der Waals surface area contributed by atoms with Gasteiger partial charge in [-0.25, -0.2) is 4.68 Å². The largest absolute Gasteiger partial charge is 0.469 e. The molecule has 0 radical (unpaired) electrons. The van der Waals surface area contributed by atoms with Crippen LogP contribution >= 0.6 is 0 Å². The van der Waals surface area contributed by atoms with Gasteiger partial charge in [-0.15, -0.1) is 5.10 Å². The fraction of sp³-hybridized carbons (Fsp3) is 0.353. The molecule has 4 rings (SSSR count). The standard InChI is InChI=1S/C17H18N4O2/c1-2-21-15-7-6-11(10-14(15)19-20-21)17(22)18-13-4-3-5-16-12(13)8-9-23-16/h6-10,13H,2-5H2,1H3,(H,18,22). The Morgan fingerprint density at radius 1 is 1.43 bits per heavy atom. The Morgan fingerprint density at radius 2 is 2.35 bits per heavy atom. The van der Waals surface area contributed by atoms with Crippen LogP contribution in [0.2, 0.25) is 0 Å². The fourth-order valence-electron chi connectivity index (χ4n) is 3.22. The summed E-state index contributed by atoms with van der Waals surface area (Å²) in [7, 11) is 0. The van der Waals surface area contributed by atoms with Crippen LogP contribution in [-0.4, -0.2) is 20.9 Å². The highest BCUT2D eigenvalue weighted by atomic mass is 16.3. The Hall–Kier alpha value is -2.63. The summed E-state index contributed by atoms with van der Waals surface area (Å²) < 4.78 is 7.29. The molecule has 0 spiro atoms. The van der Waals surface area contributed by atoms with E-state index in [0.717, 1.165) is 48.2 Å². The smallest absolute Gasteiger partial charge is 0.251 e. The lowest BCUT2D eigenvalue weighted by Crippen LogP contribution is -2.30. The molecule has 0 fully saturated rings. The first-order valence-electron chi connectivity index (χ1n) is 7.96. The van der Waals surface area contributed by atoms with Gasteiger partial charge in [-0.1, -0.05) is 5.21 Å². The predicted molar refractivity (Wildman–Crippen MR) is 85.1 cm³/mol. The summed E-state index contributed by atoms with van der Waals surface area (Å²) in [6.07, 6.45) is 4.60. The van der Waals surface area contributed by atoms with E-state index in [2.05, 4.69) is 15.6 Å². The number of aromatic nitrogens is 3. The molecule has 1 aliphatic carbocycles. The number of nitrogens with zero attached hydrogens (tertiary/aromatic N) is 3. The number of fused-ring (bicyclic) bond motifs is 2. The minimum Gasteiger partial charge on any atom is -0.469 e. The van der Waals surface area contributed by atoms with Crippen molar-refractivity contribution < 1.29 is 9.21 Å². The van der Waals surface area contributed by atoms with Crippen molar-refractivity contribution in [3.05, 3.63) is 47.4 Å². The van der Waals surface area contributed by atoms with Crippen molar-refractivity contribution in [2.75, 3.05) is 0 Å². The van der Waals surface area contributed by atoms with E-state index in [1.807, 2.05) is 29.8 Å². The topological polar surface area (TPSA) is 73.0 Å². The van der Waals surface area contributed by atoms with Crippen LogP contribution in [0.5, 0.6) is 0 Å². The number of benzene rings is 1. The average Bonchev–Trinajstić information content (AvgIpc) is 3.21. The van der Waals surface area contributed by atoms with Crippen LogP contribution in [0.1, 0.15) is 47.5 Å². The molecule has 0 bridgehead atoms. The van der Waals surface area contributed by atoms with Gasteiger partial charge < -0.3 is 9.73 Å². The van der Waals surface area contributed by atoms with Crippen LogP contribution in [0.25, 0.3) is 11.0 Å². The second-order valence-corrected chi connectivity index (χ2v) is 5.83. The quantitative estimate of drug-likeness (QED) is 0.807. The number of aryl methyl sites for hydroxylation is 2. The Labute approximate surface area is 133 Å². The van der Waals surface area contributed by atoms with E-state index in [-0.39, 0.29) is 11.9 Å². The van der Waals surface area contributed by atoms with Crippen LogP contribution in [-0.2, 0) is 13.0 Å². The van der Waals surface area contributed by atoms with E-state index in [1.54, 1.807) is 12.3 Å². The molecule has 23 heavy (non-hydrogen) atoms. The molecule has 1 aromatic carbocycles. The highest BCUT2D eigenvalue weighted by molar-refractivity contribution is 5.97. The molecular formula is C17H18N4O2. The molecular weight excluding hydrogens is 292 g/mol. The van der Waals surface area contributed by atoms with Gasteiger partial charge in [0.15, 0.2) is 0 Å². The number of furan rings is 1. The van der Waals surface area contributed by atoms with Gasteiger partial charge in [0, 0.05) is 24.1 Å². The van der Waals surface area contributed by atoms with E-state index in [4.69, 9.17) is 4.42 Å². The molecule has 3 aromatic rings. The number of nitrogens with one attached hydrogen (secondary N) is 1. The second-order valence-electron chi connectivity index (χ2n) is 5.83. The SMILES string of the molecule is CCn1nnc2cc(C(=O)NC3CCCc4occc43)ccc21. The summed E-state index contributed by atoms with van der Waals surface area (Å²) in [5, 5.41) is 11.3. The molecule has 1 N–H and O–H groups in total. The molecule has 0 saturated carbocycles. The predicted octanol–water partition coefficient (Wildman–Crippen LogP) is 2.85. The number of hydrogen-bond acceptors (Lipinski definition) is 4. The first-order valence-corrected chi connectivity index (χ1v) is 7.96. The van der Waals surface area contributed by atoms with Crippen molar-refractivity contribution in [2.24, 2.45) is 0 Å². The minimum absolute atomic E-state index is 0.0204. The third kappa shape index (κ3) is 2.40. The van der Waals surface area contributed by atoms with Crippen molar-refractivity contribution in [1.82, 2.24) is 20.3 Å². The maximum absolute atomic E-state index is 12.6. The van der Waals surface area contributed by atoms with Crippen molar-refractivity contribution in [3.63, 3.8) is 0 Å². The minimum atomic E-state index is -0.0861. The van der Waals surface area contributed by atoms with Crippen LogP contribution in [0.4, 0.5) is 0 Å². The van der Waals surface area contributed by atoms with Gasteiger partial charge >= 0.3 is 0 Å². The fourth-order valence-corrected chi connectivity index (χ4v) is 3.22. The van der Waals surface area contributed by atoms with E-state index in [1.165, 1.54) is 0 Å². The van der Waals surface area contributed by atoms with Crippen LogP contribution in [0.15, 0.2) is 34.9 Å². The normalized spacial score (nSPS) is 17.2. The van der Waals surface area contributed by atoms with Crippen molar-refractivity contribution in [3.8, 4) is 0 Å². The molecule has 6 nitrogen and oxygen atoms in total. The van der Waals surface area contributed by atoms with Crippen molar-refractivity contribution >= 4 is 16.9 Å². The lowest BCUT2D eigenvalue weighted by atomic mass is 9.93. The van der Waals surface area contributed by atoms with Crippen molar-refractivity contribution in [1.29, 1.82) is 0 Å². The molecule has 2 aromatic heterocycles. The summed E-state index contributed by atoms with van der Waals surface area (Å²) in [5.74, 6) is 0.903. The highest BCUT2D eigenvalue weighted by Crippen LogP contribution is 2.30. The maximum atomic E-state index is 12.6. The summed E-state index contributed by atoms with van der Waals surface area (Å²) in [6.45, 7) is 2.77. The van der Waals surface area contributed by atoms with E-state index >= 15 is 0 Å². The number of amides is 1. The molecule has 0 saturated heterocycles. The van der Waals surface area contributed by atoms with Gasteiger partial charge in [0.05, 0.1) is 17.8 Å².